The number of aromatic nitrogens is 2. The van der Waals surface area contributed by atoms with Crippen LogP contribution in [0.25, 0.3) is 5.65 Å². The zero-order chi connectivity index (χ0) is 25.2. The molecule has 1 aliphatic carbocycles. The molecule has 0 aromatic carbocycles. The Hall–Kier alpha value is -2.40. The molecular formula is C25H24BrF3N4O2S. The molecule has 0 spiro atoms. The second-order valence-corrected chi connectivity index (χ2v) is 12.5. The molecule has 5 heterocycles. The summed E-state index contributed by atoms with van der Waals surface area (Å²) in [6.45, 7) is 2.38. The molecule has 3 aromatic rings. The Kier molecular flexibility index (Phi) is 5.90. The van der Waals surface area contributed by atoms with Gasteiger partial charge in [0.2, 0.25) is 5.91 Å². The van der Waals surface area contributed by atoms with Crippen LogP contribution in [-0.2, 0) is 23.9 Å². The van der Waals surface area contributed by atoms with E-state index in [4.69, 9.17) is 0 Å². The molecule has 3 aromatic heterocycles. The maximum atomic E-state index is 13.6. The zero-order valence-electron chi connectivity index (χ0n) is 19.3. The van der Waals surface area contributed by atoms with Crippen LogP contribution >= 0.6 is 27.3 Å². The van der Waals surface area contributed by atoms with E-state index in [2.05, 4.69) is 27.0 Å². The number of alkyl halides is 3. The monoisotopic (exact) mass is 580 g/mol. The number of imidazole rings is 1. The van der Waals surface area contributed by atoms with Crippen molar-refractivity contribution in [3.8, 4) is 0 Å². The van der Waals surface area contributed by atoms with Gasteiger partial charge in [-0.15, -0.1) is 11.3 Å². The van der Waals surface area contributed by atoms with Crippen molar-refractivity contribution in [1.29, 1.82) is 0 Å². The normalized spacial score (nSPS) is 24.2. The fourth-order valence-corrected chi connectivity index (χ4v) is 7.84. The minimum atomic E-state index is -4.47. The molecule has 0 N–H and O–H groups in total. The van der Waals surface area contributed by atoms with Gasteiger partial charge >= 0.3 is 6.18 Å². The summed E-state index contributed by atoms with van der Waals surface area (Å²) in [7, 11) is 0. The van der Waals surface area contributed by atoms with Gasteiger partial charge in [0, 0.05) is 49.4 Å². The van der Waals surface area contributed by atoms with Gasteiger partial charge < -0.3 is 14.2 Å². The SMILES string of the molecule is O=C(c1cn2cc(C(F)(F)F)ccc2n1)N1C[C@H]2CCC[C@@H](C(=O)N3CCc4sc(Br)cc4C3)[C@H]2C1. The number of halogens is 4. The Labute approximate surface area is 218 Å². The number of rotatable bonds is 2. The molecule has 2 amide bonds. The molecule has 2 aliphatic heterocycles. The van der Waals surface area contributed by atoms with E-state index >= 15 is 0 Å². The minimum Gasteiger partial charge on any atom is -0.338 e. The standard InChI is InChI=1S/C25H24BrF3N4O2S/c26-21-8-15-10-31(7-6-20(15)36-21)23(34)17-3-1-2-14-9-33(12-18(14)17)24(35)19-13-32-11-16(25(27,28)29)4-5-22(32)30-19/h4-5,8,11,13-14,17-18H,1-3,6-7,9-10,12H2/t14-,17-,18+/m1/s1. The molecule has 2 fully saturated rings. The Morgan fingerprint density at radius 3 is 2.75 bits per heavy atom. The van der Waals surface area contributed by atoms with Crippen molar-refractivity contribution in [3.05, 3.63) is 56.1 Å². The first-order valence-electron chi connectivity index (χ1n) is 12.1. The molecule has 0 bridgehead atoms. The highest BCUT2D eigenvalue weighted by Crippen LogP contribution is 2.42. The smallest absolute Gasteiger partial charge is 0.338 e. The summed E-state index contributed by atoms with van der Waals surface area (Å²) in [5.74, 6) is 0.124. The fourth-order valence-electron chi connectivity index (χ4n) is 6.09. The van der Waals surface area contributed by atoms with Gasteiger partial charge in [-0.1, -0.05) is 6.42 Å². The lowest BCUT2D eigenvalue weighted by Gasteiger charge is -2.37. The van der Waals surface area contributed by atoms with Gasteiger partial charge in [-0.05, 0) is 70.8 Å². The van der Waals surface area contributed by atoms with E-state index < -0.39 is 11.7 Å². The quantitative estimate of drug-likeness (QED) is 0.416. The van der Waals surface area contributed by atoms with Gasteiger partial charge in [0.25, 0.3) is 5.91 Å². The lowest BCUT2D eigenvalue weighted by molar-refractivity contribution is -0.140. The largest absolute Gasteiger partial charge is 0.417 e. The van der Waals surface area contributed by atoms with Crippen LogP contribution in [0.5, 0.6) is 0 Å². The Morgan fingerprint density at radius 1 is 1.11 bits per heavy atom. The number of likely N-dealkylation sites (tertiary alicyclic amines) is 1. The van der Waals surface area contributed by atoms with E-state index in [-0.39, 0.29) is 35.3 Å². The molecule has 36 heavy (non-hydrogen) atoms. The Bertz CT molecular complexity index is 1350. The summed E-state index contributed by atoms with van der Waals surface area (Å²) in [6, 6.07) is 4.34. The van der Waals surface area contributed by atoms with Crippen LogP contribution in [0, 0.1) is 17.8 Å². The molecule has 3 atom stereocenters. The number of hydrogen-bond donors (Lipinski definition) is 0. The second kappa shape index (κ2) is 8.86. The molecular weight excluding hydrogens is 557 g/mol. The summed E-state index contributed by atoms with van der Waals surface area (Å²) in [6.07, 6.45) is 1.47. The van der Waals surface area contributed by atoms with Crippen LogP contribution in [0.4, 0.5) is 13.2 Å². The van der Waals surface area contributed by atoms with Crippen LogP contribution in [-0.4, -0.2) is 50.6 Å². The lowest BCUT2D eigenvalue weighted by atomic mass is 9.73. The number of pyridine rings is 1. The molecule has 0 unspecified atom stereocenters. The average molecular weight is 581 g/mol. The third-order valence-corrected chi connectivity index (χ3v) is 9.59. The van der Waals surface area contributed by atoms with Crippen molar-refractivity contribution in [1.82, 2.24) is 19.2 Å². The summed E-state index contributed by atoms with van der Waals surface area (Å²) in [5.41, 5.74) is 0.838. The van der Waals surface area contributed by atoms with E-state index in [9.17, 15) is 22.8 Å². The van der Waals surface area contributed by atoms with E-state index in [1.165, 1.54) is 27.1 Å². The minimum absolute atomic E-state index is 0.0969. The molecule has 1 saturated heterocycles. The van der Waals surface area contributed by atoms with Crippen molar-refractivity contribution in [2.75, 3.05) is 19.6 Å². The van der Waals surface area contributed by atoms with Gasteiger partial charge in [0.15, 0.2) is 0 Å². The summed E-state index contributed by atoms with van der Waals surface area (Å²) >= 11 is 5.28. The van der Waals surface area contributed by atoms with Crippen LogP contribution in [0.2, 0.25) is 0 Å². The Morgan fingerprint density at radius 2 is 1.94 bits per heavy atom. The van der Waals surface area contributed by atoms with E-state index in [1.807, 2.05) is 4.90 Å². The third kappa shape index (κ3) is 4.23. The topological polar surface area (TPSA) is 57.9 Å². The number of fused-ring (bicyclic) bond motifs is 3. The van der Waals surface area contributed by atoms with Gasteiger partial charge in [0.05, 0.1) is 9.35 Å². The van der Waals surface area contributed by atoms with Gasteiger partial charge in [0.1, 0.15) is 11.3 Å². The number of amides is 2. The summed E-state index contributed by atoms with van der Waals surface area (Å²) in [4.78, 5) is 36.2. The van der Waals surface area contributed by atoms with Crippen molar-refractivity contribution < 1.29 is 22.8 Å². The molecule has 6 rings (SSSR count). The number of carbonyl (C=O) groups excluding carboxylic acids is 2. The maximum absolute atomic E-state index is 13.6. The first kappa shape index (κ1) is 24.0. The predicted molar refractivity (Wildman–Crippen MR) is 132 cm³/mol. The van der Waals surface area contributed by atoms with E-state index in [0.717, 1.165) is 48.3 Å². The van der Waals surface area contributed by atoms with Crippen LogP contribution in [0.3, 0.4) is 0 Å². The highest BCUT2D eigenvalue weighted by atomic mass is 79.9. The third-order valence-electron chi connectivity index (χ3n) is 7.85. The number of carbonyl (C=O) groups is 2. The van der Waals surface area contributed by atoms with Gasteiger partial charge in [-0.2, -0.15) is 13.2 Å². The maximum Gasteiger partial charge on any atom is 0.417 e. The van der Waals surface area contributed by atoms with E-state index in [0.29, 0.717) is 25.3 Å². The first-order valence-corrected chi connectivity index (χ1v) is 13.7. The zero-order valence-corrected chi connectivity index (χ0v) is 21.7. The van der Waals surface area contributed by atoms with Crippen LogP contribution in [0.15, 0.2) is 34.4 Å². The average Bonchev–Trinajstić information content (AvgIpc) is 3.56. The van der Waals surface area contributed by atoms with Crippen molar-refractivity contribution in [2.45, 2.75) is 38.4 Å². The molecule has 6 nitrogen and oxygen atoms in total. The molecule has 11 heteroatoms. The molecule has 1 saturated carbocycles. The highest BCUT2D eigenvalue weighted by Gasteiger charge is 2.46. The van der Waals surface area contributed by atoms with Crippen molar-refractivity contribution in [3.63, 3.8) is 0 Å². The summed E-state index contributed by atoms with van der Waals surface area (Å²) in [5, 5.41) is 0. The predicted octanol–water partition coefficient (Wildman–Crippen LogP) is 5.25. The van der Waals surface area contributed by atoms with Gasteiger partial charge in [-0.25, -0.2) is 4.98 Å². The second-order valence-electron chi connectivity index (χ2n) is 9.99. The van der Waals surface area contributed by atoms with Gasteiger partial charge in [-0.3, -0.25) is 9.59 Å². The highest BCUT2D eigenvalue weighted by molar-refractivity contribution is 9.11. The van der Waals surface area contributed by atoms with Crippen molar-refractivity contribution >= 4 is 44.7 Å². The number of hydrogen-bond acceptors (Lipinski definition) is 4. The van der Waals surface area contributed by atoms with Crippen LogP contribution in [0.1, 0.15) is 45.8 Å². The first-order chi connectivity index (χ1) is 17.2. The summed E-state index contributed by atoms with van der Waals surface area (Å²) < 4.78 is 41.5. The Balaban J connectivity index is 1.18. The lowest BCUT2D eigenvalue weighted by Crippen LogP contribution is -2.44. The van der Waals surface area contributed by atoms with E-state index in [1.54, 1.807) is 16.2 Å². The molecule has 0 radical (unpaired) electrons. The van der Waals surface area contributed by atoms with Crippen molar-refractivity contribution in [2.24, 2.45) is 17.8 Å². The van der Waals surface area contributed by atoms with Crippen LogP contribution < -0.4 is 0 Å². The molecule has 3 aliphatic rings. The molecule has 190 valence electrons. The number of thiophene rings is 1. The fraction of sp³-hybridized carbons (Fsp3) is 0.480. The number of nitrogens with zero attached hydrogens (tertiary/aromatic N) is 4.